The molecule has 1 heteroatoms. The van der Waals surface area contributed by atoms with E-state index in [-0.39, 0.29) is 10.8 Å². The summed E-state index contributed by atoms with van der Waals surface area (Å²) in [6, 6.07) is 31.6. The summed E-state index contributed by atoms with van der Waals surface area (Å²) in [6.45, 7) is 18.6. The molecule has 1 nitrogen and oxygen atoms in total. The highest BCUT2D eigenvalue weighted by Crippen LogP contribution is 2.43. The third kappa shape index (κ3) is 4.15. The molecule has 0 N–H and O–H groups in total. The molecule has 0 bridgehead atoms. The minimum Gasteiger partial charge on any atom is -0.309 e. The van der Waals surface area contributed by atoms with Crippen LogP contribution in [0.25, 0.3) is 38.6 Å². The Morgan fingerprint density at radius 2 is 1.19 bits per heavy atom. The van der Waals surface area contributed by atoms with Gasteiger partial charge in [0.1, 0.15) is 0 Å². The molecule has 0 radical (unpaired) electrons. The second-order valence-corrected chi connectivity index (χ2v) is 12.6. The molecule has 184 valence electrons. The number of benzene rings is 4. The molecule has 0 spiro atoms. The van der Waals surface area contributed by atoms with Crippen LogP contribution in [0.2, 0.25) is 0 Å². The third-order valence-electron chi connectivity index (χ3n) is 7.45. The molecule has 0 unspecified atom stereocenters. The van der Waals surface area contributed by atoms with Gasteiger partial charge >= 0.3 is 0 Å². The molecule has 4 aromatic carbocycles. The van der Waals surface area contributed by atoms with Crippen molar-refractivity contribution in [1.29, 1.82) is 0 Å². The van der Waals surface area contributed by atoms with E-state index in [2.05, 4.69) is 145 Å². The number of aromatic nitrogens is 1. The van der Waals surface area contributed by atoms with Crippen LogP contribution in [0.15, 0.2) is 84.9 Å². The van der Waals surface area contributed by atoms with E-state index in [0.29, 0.717) is 5.92 Å². The Hall–Kier alpha value is -3.32. The normalized spacial score (nSPS) is 12.7. The van der Waals surface area contributed by atoms with Crippen LogP contribution < -0.4 is 0 Å². The first-order chi connectivity index (χ1) is 17.0. The number of fused-ring (bicyclic) bond motifs is 3. The van der Waals surface area contributed by atoms with Gasteiger partial charge in [0.05, 0.1) is 11.0 Å². The van der Waals surface area contributed by atoms with Gasteiger partial charge in [0.2, 0.25) is 0 Å². The Bertz CT molecular complexity index is 1520. The standard InChI is InChI=1S/C35H39N/c1-23(2)32-28(24-20-25(34(3,4)5)22-26(21-24)35(6,7)8)18-19-31-33(32)29-16-12-13-17-30(29)36(31)27-14-10-9-11-15-27/h9-23H,1-8H3. The lowest BCUT2D eigenvalue weighted by atomic mass is 9.78. The summed E-state index contributed by atoms with van der Waals surface area (Å²) < 4.78 is 2.42. The number of rotatable bonds is 3. The van der Waals surface area contributed by atoms with Crippen molar-refractivity contribution in [2.75, 3.05) is 0 Å². The van der Waals surface area contributed by atoms with Gasteiger partial charge in [0.15, 0.2) is 0 Å². The quantitative estimate of drug-likeness (QED) is 0.246. The lowest BCUT2D eigenvalue weighted by molar-refractivity contribution is 0.569. The smallest absolute Gasteiger partial charge is 0.0544 e. The molecule has 0 saturated heterocycles. The maximum Gasteiger partial charge on any atom is 0.0544 e. The molecule has 36 heavy (non-hydrogen) atoms. The minimum absolute atomic E-state index is 0.0848. The van der Waals surface area contributed by atoms with E-state index < -0.39 is 0 Å². The van der Waals surface area contributed by atoms with Crippen LogP contribution in [-0.2, 0) is 10.8 Å². The average molecular weight is 474 g/mol. The van der Waals surface area contributed by atoms with Gasteiger partial charge in [-0.15, -0.1) is 0 Å². The Morgan fingerprint density at radius 3 is 1.78 bits per heavy atom. The second-order valence-electron chi connectivity index (χ2n) is 12.6. The average Bonchev–Trinajstić information content (AvgIpc) is 3.17. The third-order valence-corrected chi connectivity index (χ3v) is 7.45. The van der Waals surface area contributed by atoms with Gasteiger partial charge in [-0.1, -0.05) is 116 Å². The zero-order chi connectivity index (χ0) is 25.8. The van der Waals surface area contributed by atoms with E-state index in [0.717, 1.165) is 0 Å². The zero-order valence-electron chi connectivity index (χ0n) is 23.1. The first-order valence-electron chi connectivity index (χ1n) is 13.2. The predicted octanol–water partition coefficient (Wildman–Crippen LogP) is 10.2. The lowest BCUT2D eigenvalue weighted by Gasteiger charge is -2.27. The zero-order valence-corrected chi connectivity index (χ0v) is 23.1. The van der Waals surface area contributed by atoms with E-state index in [9.17, 15) is 0 Å². The topological polar surface area (TPSA) is 4.93 Å². The van der Waals surface area contributed by atoms with Crippen molar-refractivity contribution in [1.82, 2.24) is 4.57 Å². The van der Waals surface area contributed by atoms with Crippen molar-refractivity contribution >= 4 is 21.8 Å². The van der Waals surface area contributed by atoms with Gasteiger partial charge in [0, 0.05) is 16.5 Å². The van der Waals surface area contributed by atoms with Crippen LogP contribution in [0.5, 0.6) is 0 Å². The molecule has 0 amide bonds. The van der Waals surface area contributed by atoms with Crippen molar-refractivity contribution in [2.24, 2.45) is 0 Å². The molecule has 1 aromatic heterocycles. The van der Waals surface area contributed by atoms with Gasteiger partial charge in [-0.05, 0) is 68.8 Å². The number of para-hydroxylation sites is 2. The van der Waals surface area contributed by atoms with Gasteiger partial charge in [-0.2, -0.15) is 0 Å². The molecule has 0 aliphatic heterocycles. The van der Waals surface area contributed by atoms with Crippen molar-refractivity contribution in [3.05, 3.63) is 102 Å². The highest BCUT2D eigenvalue weighted by Gasteiger charge is 2.24. The van der Waals surface area contributed by atoms with E-state index in [1.807, 2.05) is 0 Å². The maximum absolute atomic E-state index is 2.43. The molecule has 0 aliphatic carbocycles. The summed E-state index contributed by atoms with van der Waals surface area (Å²) in [5.74, 6) is 0.384. The molecule has 0 aliphatic rings. The molecular weight excluding hydrogens is 434 g/mol. The molecule has 5 aromatic rings. The van der Waals surface area contributed by atoms with Crippen LogP contribution in [0.3, 0.4) is 0 Å². The molecule has 5 rings (SSSR count). The van der Waals surface area contributed by atoms with Crippen molar-refractivity contribution in [3.63, 3.8) is 0 Å². The van der Waals surface area contributed by atoms with Gasteiger partial charge in [-0.3, -0.25) is 0 Å². The second kappa shape index (κ2) is 8.66. The van der Waals surface area contributed by atoms with Crippen molar-refractivity contribution in [3.8, 4) is 16.8 Å². The van der Waals surface area contributed by atoms with Gasteiger partial charge < -0.3 is 4.57 Å². The fourth-order valence-electron chi connectivity index (χ4n) is 5.44. The molecule has 0 saturated carbocycles. The molecule has 0 atom stereocenters. The fourth-order valence-corrected chi connectivity index (χ4v) is 5.44. The minimum atomic E-state index is 0.0848. The summed E-state index contributed by atoms with van der Waals surface area (Å²) in [7, 11) is 0. The van der Waals surface area contributed by atoms with E-state index >= 15 is 0 Å². The van der Waals surface area contributed by atoms with Gasteiger partial charge in [0.25, 0.3) is 0 Å². The highest BCUT2D eigenvalue weighted by molar-refractivity contribution is 6.12. The molecule has 0 fully saturated rings. The predicted molar refractivity (Wildman–Crippen MR) is 158 cm³/mol. The molecule has 1 heterocycles. The summed E-state index contributed by atoms with van der Waals surface area (Å²) >= 11 is 0. The number of hydrogen-bond acceptors (Lipinski definition) is 0. The summed E-state index contributed by atoms with van der Waals surface area (Å²) in [4.78, 5) is 0. The Labute approximate surface area is 216 Å². The Balaban J connectivity index is 1.90. The van der Waals surface area contributed by atoms with Crippen molar-refractivity contribution < 1.29 is 0 Å². The fraction of sp³-hybridized carbons (Fsp3) is 0.314. The summed E-state index contributed by atoms with van der Waals surface area (Å²) in [5.41, 5.74) is 10.8. The SMILES string of the molecule is CC(C)c1c(-c2cc(C(C)(C)C)cc(C(C)(C)C)c2)ccc2c1c1ccccc1n2-c1ccccc1. The maximum atomic E-state index is 2.43. The monoisotopic (exact) mass is 473 g/mol. The largest absolute Gasteiger partial charge is 0.309 e. The number of nitrogens with zero attached hydrogens (tertiary/aromatic N) is 1. The van der Waals surface area contributed by atoms with Crippen LogP contribution in [-0.4, -0.2) is 4.57 Å². The highest BCUT2D eigenvalue weighted by atomic mass is 15.0. The van der Waals surface area contributed by atoms with Crippen LogP contribution >= 0.6 is 0 Å². The van der Waals surface area contributed by atoms with Crippen LogP contribution in [0.1, 0.15) is 78.0 Å². The first kappa shape index (κ1) is 24.4. The number of hydrogen-bond donors (Lipinski definition) is 0. The first-order valence-corrected chi connectivity index (χ1v) is 13.2. The summed E-state index contributed by atoms with van der Waals surface area (Å²) in [6.07, 6.45) is 0. The van der Waals surface area contributed by atoms with Gasteiger partial charge in [-0.25, -0.2) is 0 Å². The lowest BCUT2D eigenvalue weighted by Crippen LogP contribution is -2.16. The van der Waals surface area contributed by atoms with E-state index in [1.165, 1.54) is 55.3 Å². The Kier molecular flexibility index (Phi) is 5.86. The molecular formula is C35H39N. The summed E-state index contributed by atoms with van der Waals surface area (Å²) in [5, 5.41) is 2.70. The van der Waals surface area contributed by atoms with Crippen LogP contribution in [0, 0.1) is 0 Å². The Morgan fingerprint density at radius 1 is 0.611 bits per heavy atom. The van der Waals surface area contributed by atoms with Crippen LogP contribution in [0.4, 0.5) is 0 Å². The van der Waals surface area contributed by atoms with E-state index in [1.54, 1.807) is 0 Å². The van der Waals surface area contributed by atoms with E-state index in [4.69, 9.17) is 0 Å². The van der Waals surface area contributed by atoms with Crippen molar-refractivity contribution in [2.45, 2.75) is 72.1 Å².